The van der Waals surface area contributed by atoms with Crippen LogP contribution in [0, 0.1) is 0 Å². The van der Waals surface area contributed by atoms with Gasteiger partial charge in [-0.25, -0.2) is 4.79 Å². The molecular weight excluding hydrogens is 324 g/mol. The minimum absolute atomic E-state index is 0.0576. The number of rotatable bonds is 8. The van der Waals surface area contributed by atoms with Crippen LogP contribution in [0.4, 0.5) is 0 Å². The van der Waals surface area contributed by atoms with Crippen molar-refractivity contribution in [2.75, 3.05) is 26.9 Å². The third kappa shape index (κ3) is 5.19. The van der Waals surface area contributed by atoms with E-state index in [4.69, 9.17) is 19.3 Å². The predicted octanol–water partition coefficient (Wildman–Crippen LogP) is 2.42. The van der Waals surface area contributed by atoms with E-state index < -0.39 is 24.5 Å². The standard InChI is InChI=1S/C19H22O6/c1-13(19(22)25-12-18(21)24-9-3-8-20)14-4-5-16-11-17(23-2)7-6-15(16)10-14/h4-7,10-11,13,20H,3,8-9,12H2,1-2H3. The predicted molar refractivity (Wildman–Crippen MR) is 92.5 cm³/mol. The lowest BCUT2D eigenvalue weighted by atomic mass is 9.98. The second-order valence-corrected chi connectivity index (χ2v) is 5.60. The number of aliphatic hydroxyl groups excluding tert-OH is 1. The van der Waals surface area contributed by atoms with Gasteiger partial charge in [-0.2, -0.15) is 0 Å². The average Bonchev–Trinajstić information content (AvgIpc) is 2.64. The van der Waals surface area contributed by atoms with Crippen molar-refractivity contribution < 1.29 is 28.9 Å². The minimum atomic E-state index is -0.625. The number of methoxy groups -OCH3 is 1. The van der Waals surface area contributed by atoms with Gasteiger partial charge in [-0.15, -0.1) is 0 Å². The van der Waals surface area contributed by atoms with E-state index in [0.717, 1.165) is 22.1 Å². The zero-order valence-corrected chi connectivity index (χ0v) is 14.4. The van der Waals surface area contributed by atoms with Crippen molar-refractivity contribution in [1.82, 2.24) is 0 Å². The topological polar surface area (TPSA) is 82.1 Å². The van der Waals surface area contributed by atoms with Crippen molar-refractivity contribution in [2.24, 2.45) is 0 Å². The summed E-state index contributed by atoms with van der Waals surface area (Å²) in [5, 5.41) is 10.6. The van der Waals surface area contributed by atoms with Crippen molar-refractivity contribution in [3.8, 4) is 5.75 Å². The van der Waals surface area contributed by atoms with E-state index in [0.29, 0.717) is 6.42 Å². The number of ether oxygens (including phenoxy) is 3. The van der Waals surface area contributed by atoms with Gasteiger partial charge >= 0.3 is 11.9 Å². The summed E-state index contributed by atoms with van der Waals surface area (Å²) < 4.78 is 15.0. The van der Waals surface area contributed by atoms with E-state index in [-0.39, 0.29) is 13.2 Å². The number of hydrogen-bond acceptors (Lipinski definition) is 6. The fourth-order valence-electron chi connectivity index (χ4n) is 2.32. The van der Waals surface area contributed by atoms with Crippen LogP contribution in [-0.2, 0) is 19.1 Å². The molecule has 1 N–H and O–H groups in total. The molecule has 1 atom stereocenters. The first kappa shape index (κ1) is 18.7. The van der Waals surface area contributed by atoms with E-state index in [9.17, 15) is 9.59 Å². The van der Waals surface area contributed by atoms with Crippen LogP contribution in [0.5, 0.6) is 5.75 Å². The highest BCUT2D eigenvalue weighted by Crippen LogP contribution is 2.25. The molecule has 0 saturated carbocycles. The second-order valence-electron chi connectivity index (χ2n) is 5.60. The number of carbonyl (C=O) groups is 2. The van der Waals surface area contributed by atoms with E-state index in [2.05, 4.69) is 0 Å². The van der Waals surface area contributed by atoms with Crippen LogP contribution in [0.25, 0.3) is 10.8 Å². The summed E-state index contributed by atoms with van der Waals surface area (Å²) in [4.78, 5) is 23.5. The Morgan fingerprint density at radius 2 is 1.80 bits per heavy atom. The highest BCUT2D eigenvalue weighted by Gasteiger charge is 2.18. The zero-order chi connectivity index (χ0) is 18.2. The molecule has 25 heavy (non-hydrogen) atoms. The van der Waals surface area contributed by atoms with Crippen LogP contribution >= 0.6 is 0 Å². The van der Waals surface area contributed by atoms with Crippen LogP contribution in [0.15, 0.2) is 36.4 Å². The van der Waals surface area contributed by atoms with Crippen molar-refractivity contribution in [3.05, 3.63) is 42.0 Å². The van der Waals surface area contributed by atoms with Gasteiger partial charge in [0.1, 0.15) is 5.75 Å². The summed E-state index contributed by atoms with van der Waals surface area (Å²) in [6, 6.07) is 11.4. The second kappa shape index (κ2) is 9.03. The molecule has 2 aromatic carbocycles. The van der Waals surface area contributed by atoms with Crippen molar-refractivity contribution in [1.29, 1.82) is 0 Å². The lowest BCUT2D eigenvalue weighted by Crippen LogP contribution is -2.20. The van der Waals surface area contributed by atoms with E-state index in [1.165, 1.54) is 0 Å². The number of fused-ring (bicyclic) bond motifs is 1. The Hall–Kier alpha value is -2.60. The van der Waals surface area contributed by atoms with Gasteiger partial charge in [-0.05, 0) is 35.4 Å². The summed E-state index contributed by atoms with van der Waals surface area (Å²) >= 11 is 0. The first-order valence-corrected chi connectivity index (χ1v) is 8.06. The molecule has 0 fully saturated rings. The zero-order valence-electron chi connectivity index (χ0n) is 14.4. The Labute approximate surface area is 146 Å². The fourth-order valence-corrected chi connectivity index (χ4v) is 2.32. The van der Waals surface area contributed by atoms with Crippen LogP contribution in [0.2, 0.25) is 0 Å². The van der Waals surface area contributed by atoms with E-state index >= 15 is 0 Å². The molecule has 0 heterocycles. The molecule has 2 aromatic rings. The van der Waals surface area contributed by atoms with Crippen molar-refractivity contribution in [3.63, 3.8) is 0 Å². The molecule has 6 nitrogen and oxygen atoms in total. The van der Waals surface area contributed by atoms with Gasteiger partial charge < -0.3 is 19.3 Å². The third-order valence-electron chi connectivity index (χ3n) is 3.82. The van der Waals surface area contributed by atoms with E-state index in [1.807, 2.05) is 36.4 Å². The monoisotopic (exact) mass is 346 g/mol. The summed E-state index contributed by atoms with van der Waals surface area (Å²) in [6.07, 6.45) is 0.359. The summed E-state index contributed by atoms with van der Waals surface area (Å²) in [5.41, 5.74) is 0.802. The Bertz CT molecular complexity index is 740. The van der Waals surface area contributed by atoms with E-state index in [1.54, 1.807) is 14.0 Å². The number of hydrogen-bond donors (Lipinski definition) is 1. The Balaban J connectivity index is 1.97. The Kier molecular flexibility index (Phi) is 6.77. The Morgan fingerprint density at radius 3 is 2.52 bits per heavy atom. The Morgan fingerprint density at radius 1 is 1.08 bits per heavy atom. The molecule has 0 aliphatic heterocycles. The molecule has 0 bridgehead atoms. The van der Waals surface area contributed by atoms with Gasteiger partial charge in [0.15, 0.2) is 6.61 Å². The quantitative estimate of drug-likeness (QED) is 0.584. The highest BCUT2D eigenvalue weighted by atomic mass is 16.6. The molecule has 0 spiro atoms. The SMILES string of the molecule is COc1ccc2cc(C(C)C(=O)OCC(=O)OCCCO)ccc2c1. The molecule has 1 unspecified atom stereocenters. The third-order valence-corrected chi connectivity index (χ3v) is 3.82. The van der Waals surface area contributed by atoms with Gasteiger partial charge in [-0.3, -0.25) is 4.79 Å². The first-order chi connectivity index (χ1) is 12.0. The molecule has 0 aliphatic carbocycles. The lowest BCUT2D eigenvalue weighted by Gasteiger charge is -2.13. The van der Waals surface area contributed by atoms with Crippen LogP contribution < -0.4 is 4.74 Å². The molecule has 0 amide bonds. The minimum Gasteiger partial charge on any atom is -0.497 e. The van der Waals surface area contributed by atoms with Crippen molar-refractivity contribution in [2.45, 2.75) is 19.3 Å². The van der Waals surface area contributed by atoms with Crippen LogP contribution in [0.1, 0.15) is 24.8 Å². The molecule has 0 radical (unpaired) electrons. The van der Waals surface area contributed by atoms with Gasteiger partial charge in [0.2, 0.25) is 0 Å². The number of esters is 2. The molecule has 6 heteroatoms. The molecule has 134 valence electrons. The number of aliphatic hydroxyl groups is 1. The first-order valence-electron chi connectivity index (χ1n) is 8.06. The number of carbonyl (C=O) groups excluding carboxylic acids is 2. The van der Waals surface area contributed by atoms with Gasteiger partial charge in [0.05, 0.1) is 19.6 Å². The van der Waals surface area contributed by atoms with Gasteiger partial charge in [-0.1, -0.05) is 24.3 Å². The van der Waals surface area contributed by atoms with Crippen LogP contribution in [0.3, 0.4) is 0 Å². The maximum absolute atomic E-state index is 12.1. The van der Waals surface area contributed by atoms with Gasteiger partial charge in [0.25, 0.3) is 0 Å². The maximum atomic E-state index is 12.1. The largest absolute Gasteiger partial charge is 0.497 e. The fraction of sp³-hybridized carbons (Fsp3) is 0.368. The lowest BCUT2D eigenvalue weighted by molar-refractivity contribution is -0.159. The molecule has 0 saturated heterocycles. The molecule has 2 rings (SSSR count). The normalized spacial score (nSPS) is 11.8. The van der Waals surface area contributed by atoms with Crippen LogP contribution in [-0.4, -0.2) is 44.0 Å². The summed E-state index contributed by atoms with van der Waals surface area (Å²) in [6.45, 7) is 1.35. The molecular formula is C19H22O6. The summed E-state index contributed by atoms with van der Waals surface area (Å²) in [5.74, 6) is -0.851. The highest BCUT2D eigenvalue weighted by molar-refractivity contribution is 5.87. The number of benzene rings is 2. The van der Waals surface area contributed by atoms with Crippen molar-refractivity contribution >= 4 is 22.7 Å². The molecule has 0 aliphatic rings. The smallest absolute Gasteiger partial charge is 0.344 e. The maximum Gasteiger partial charge on any atom is 0.344 e. The van der Waals surface area contributed by atoms with Gasteiger partial charge in [0, 0.05) is 13.0 Å². The summed E-state index contributed by atoms with van der Waals surface area (Å²) in [7, 11) is 1.61. The molecule has 0 aromatic heterocycles. The average molecular weight is 346 g/mol.